The van der Waals surface area contributed by atoms with Crippen molar-refractivity contribution in [2.45, 2.75) is 0 Å². The molecule has 0 saturated heterocycles. The minimum absolute atomic E-state index is 0.203. The van der Waals surface area contributed by atoms with E-state index >= 15 is 0 Å². The Morgan fingerprint density at radius 3 is 2.92 bits per heavy atom. The van der Waals surface area contributed by atoms with Gasteiger partial charge in [-0.25, -0.2) is 19.3 Å². The van der Waals surface area contributed by atoms with E-state index in [2.05, 4.69) is 15.0 Å². The summed E-state index contributed by atoms with van der Waals surface area (Å²) < 4.78 is 18.8. The van der Waals surface area contributed by atoms with Crippen molar-refractivity contribution in [3.8, 4) is 16.6 Å². The topological polar surface area (TPSA) is 68.2 Å². The van der Waals surface area contributed by atoms with Gasteiger partial charge in [0.05, 0.1) is 18.4 Å². The van der Waals surface area contributed by atoms with E-state index in [9.17, 15) is 9.18 Å². The summed E-state index contributed by atoms with van der Waals surface area (Å²) in [5.74, 6) is 0.243. The summed E-state index contributed by atoms with van der Waals surface area (Å²) in [5.41, 5.74) is 0.554. The molecule has 1 aromatic carbocycles. The van der Waals surface area contributed by atoms with Gasteiger partial charge >= 0.3 is 0 Å². The number of benzene rings is 1. The predicted molar refractivity (Wildman–Crippen MR) is 86.7 cm³/mol. The Morgan fingerprint density at radius 1 is 1.25 bits per heavy atom. The molecular formula is C16H11FN4O2S. The smallest absolute Gasteiger partial charge is 0.270 e. The van der Waals surface area contributed by atoms with Gasteiger partial charge in [-0.2, -0.15) is 0 Å². The van der Waals surface area contributed by atoms with Crippen LogP contribution in [0.3, 0.4) is 0 Å². The molecule has 1 aliphatic rings. The number of amides is 1. The number of carbonyl (C=O) groups is 1. The number of hydrogen-bond donors (Lipinski definition) is 0. The van der Waals surface area contributed by atoms with Gasteiger partial charge in [0, 0.05) is 18.5 Å². The van der Waals surface area contributed by atoms with Crippen LogP contribution in [0.5, 0.6) is 5.75 Å². The van der Waals surface area contributed by atoms with Crippen LogP contribution in [0.4, 0.5) is 10.1 Å². The van der Waals surface area contributed by atoms with Crippen molar-refractivity contribution in [3.05, 3.63) is 53.6 Å². The van der Waals surface area contributed by atoms with E-state index in [1.807, 2.05) is 0 Å². The zero-order valence-electron chi connectivity index (χ0n) is 12.3. The molecule has 3 heterocycles. The molecule has 0 fully saturated rings. The molecule has 24 heavy (non-hydrogen) atoms. The standard InChI is InChI=1S/C16H11FN4O2S/c17-10-2-3-11-12(8-10)23-7-6-21(11)16(22)13-9-20-15(24-13)14-18-4-1-5-19-14/h1-5,8-9H,6-7H2. The van der Waals surface area contributed by atoms with Crippen LogP contribution < -0.4 is 9.64 Å². The number of hydrogen-bond acceptors (Lipinski definition) is 6. The lowest BCUT2D eigenvalue weighted by Gasteiger charge is -2.29. The lowest BCUT2D eigenvalue weighted by Crippen LogP contribution is -2.37. The van der Waals surface area contributed by atoms with Gasteiger partial charge in [0.15, 0.2) is 10.8 Å². The van der Waals surface area contributed by atoms with Crippen LogP contribution >= 0.6 is 11.3 Å². The minimum Gasteiger partial charge on any atom is -0.489 e. The highest BCUT2D eigenvalue weighted by atomic mass is 32.1. The van der Waals surface area contributed by atoms with E-state index in [4.69, 9.17) is 4.74 Å². The van der Waals surface area contributed by atoms with Crippen LogP contribution in [0.2, 0.25) is 0 Å². The first-order valence-corrected chi connectivity index (χ1v) is 8.01. The Labute approximate surface area is 140 Å². The number of halogens is 1. The maximum absolute atomic E-state index is 13.3. The molecule has 0 saturated carbocycles. The van der Waals surface area contributed by atoms with E-state index in [1.54, 1.807) is 29.4 Å². The van der Waals surface area contributed by atoms with Crippen molar-refractivity contribution >= 4 is 22.9 Å². The number of ether oxygens (including phenoxy) is 1. The van der Waals surface area contributed by atoms with Crippen molar-refractivity contribution in [2.75, 3.05) is 18.1 Å². The zero-order chi connectivity index (χ0) is 16.5. The molecule has 120 valence electrons. The first kappa shape index (κ1) is 14.7. The molecular weight excluding hydrogens is 331 g/mol. The Morgan fingerprint density at radius 2 is 2.08 bits per heavy atom. The van der Waals surface area contributed by atoms with E-state index in [0.29, 0.717) is 40.3 Å². The summed E-state index contributed by atoms with van der Waals surface area (Å²) in [6.07, 6.45) is 4.76. The quantitative estimate of drug-likeness (QED) is 0.716. The molecule has 6 nitrogen and oxygen atoms in total. The van der Waals surface area contributed by atoms with Gasteiger partial charge < -0.3 is 9.64 Å². The molecule has 0 atom stereocenters. The molecule has 4 rings (SSSR count). The van der Waals surface area contributed by atoms with Crippen LogP contribution in [0.25, 0.3) is 10.8 Å². The van der Waals surface area contributed by atoms with Gasteiger partial charge in [-0.05, 0) is 18.2 Å². The molecule has 0 aliphatic carbocycles. The minimum atomic E-state index is -0.399. The maximum atomic E-state index is 13.3. The lowest BCUT2D eigenvalue weighted by molar-refractivity contribution is 0.0980. The fourth-order valence-corrected chi connectivity index (χ4v) is 3.24. The first-order valence-electron chi connectivity index (χ1n) is 7.20. The second-order valence-electron chi connectivity index (χ2n) is 5.02. The van der Waals surface area contributed by atoms with E-state index in [-0.39, 0.29) is 5.91 Å². The van der Waals surface area contributed by atoms with Gasteiger partial charge in [0.1, 0.15) is 23.1 Å². The van der Waals surface area contributed by atoms with Crippen molar-refractivity contribution in [3.63, 3.8) is 0 Å². The maximum Gasteiger partial charge on any atom is 0.270 e. The zero-order valence-corrected chi connectivity index (χ0v) is 13.2. The molecule has 0 bridgehead atoms. The highest BCUT2D eigenvalue weighted by Gasteiger charge is 2.26. The normalized spacial score (nSPS) is 13.3. The highest BCUT2D eigenvalue weighted by Crippen LogP contribution is 2.34. The van der Waals surface area contributed by atoms with Gasteiger partial charge in [-0.1, -0.05) is 0 Å². The summed E-state index contributed by atoms with van der Waals surface area (Å²) in [4.78, 5) is 27.3. The third-order valence-corrected chi connectivity index (χ3v) is 4.49. The van der Waals surface area contributed by atoms with Gasteiger partial charge in [0.25, 0.3) is 5.91 Å². The number of thiazole rings is 1. The summed E-state index contributed by atoms with van der Waals surface area (Å²) in [6, 6.07) is 5.85. The van der Waals surface area contributed by atoms with Crippen molar-refractivity contribution in [2.24, 2.45) is 0 Å². The van der Waals surface area contributed by atoms with E-state index in [1.165, 1.54) is 29.7 Å². The Bertz CT molecular complexity index is 900. The fourth-order valence-electron chi connectivity index (χ4n) is 2.42. The fraction of sp³-hybridized carbons (Fsp3) is 0.125. The number of rotatable bonds is 2. The van der Waals surface area contributed by atoms with Gasteiger partial charge in [-0.3, -0.25) is 4.79 Å². The monoisotopic (exact) mass is 342 g/mol. The summed E-state index contributed by atoms with van der Waals surface area (Å²) in [7, 11) is 0. The van der Waals surface area contributed by atoms with Gasteiger partial charge in [0.2, 0.25) is 0 Å². The number of aromatic nitrogens is 3. The van der Waals surface area contributed by atoms with Crippen molar-refractivity contribution < 1.29 is 13.9 Å². The molecule has 0 unspecified atom stereocenters. The largest absolute Gasteiger partial charge is 0.489 e. The average Bonchev–Trinajstić information content (AvgIpc) is 3.11. The highest BCUT2D eigenvalue weighted by molar-refractivity contribution is 7.16. The average molecular weight is 342 g/mol. The van der Waals surface area contributed by atoms with Crippen LogP contribution in [-0.4, -0.2) is 34.0 Å². The molecule has 0 radical (unpaired) electrons. The van der Waals surface area contributed by atoms with Crippen molar-refractivity contribution in [1.29, 1.82) is 0 Å². The molecule has 0 N–H and O–H groups in total. The van der Waals surface area contributed by atoms with Crippen LogP contribution in [-0.2, 0) is 0 Å². The number of fused-ring (bicyclic) bond motifs is 1. The van der Waals surface area contributed by atoms with E-state index < -0.39 is 5.82 Å². The Kier molecular flexibility index (Phi) is 3.66. The molecule has 8 heteroatoms. The third kappa shape index (κ3) is 2.61. The second-order valence-corrected chi connectivity index (χ2v) is 6.05. The lowest BCUT2D eigenvalue weighted by atomic mass is 10.2. The summed E-state index contributed by atoms with van der Waals surface area (Å²) >= 11 is 1.22. The summed E-state index contributed by atoms with van der Waals surface area (Å²) in [6.45, 7) is 0.711. The van der Waals surface area contributed by atoms with Crippen LogP contribution in [0.1, 0.15) is 9.67 Å². The summed E-state index contributed by atoms with van der Waals surface area (Å²) in [5, 5.41) is 0.575. The van der Waals surface area contributed by atoms with Crippen LogP contribution in [0, 0.1) is 5.82 Å². The first-order chi connectivity index (χ1) is 11.7. The van der Waals surface area contributed by atoms with Crippen molar-refractivity contribution in [1.82, 2.24) is 15.0 Å². The predicted octanol–water partition coefficient (Wildman–Crippen LogP) is 2.78. The molecule has 0 spiro atoms. The van der Waals surface area contributed by atoms with E-state index in [0.717, 1.165) is 0 Å². The third-order valence-electron chi connectivity index (χ3n) is 3.50. The number of anilines is 1. The Balaban J connectivity index is 1.65. The van der Waals surface area contributed by atoms with Gasteiger partial charge in [-0.15, -0.1) is 11.3 Å². The second kappa shape index (κ2) is 5.97. The SMILES string of the molecule is O=C(c1cnc(-c2ncccn2)s1)N1CCOc2cc(F)ccc21. The number of carbonyl (C=O) groups excluding carboxylic acids is 1. The van der Waals surface area contributed by atoms with Crippen LogP contribution in [0.15, 0.2) is 42.9 Å². The molecule has 3 aromatic rings. The molecule has 1 amide bonds. The molecule has 1 aliphatic heterocycles. The Hall–Kier alpha value is -2.87. The molecule has 2 aromatic heterocycles. The number of nitrogens with zero attached hydrogens (tertiary/aromatic N) is 4.